The molecule has 1 amide bonds. The molecule has 3 nitrogen and oxygen atoms in total. The van der Waals surface area contributed by atoms with Crippen LogP contribution in [0.25, 0.3) is 5.57 Å². The Labute approximate surface area is 245 Å². The average Bonchev–Trinajstić information content (AvgIpc) is 3.25. The summed E-state index contributed by atoms with van der Waals surface area (Å²) in [5.41, 5.74) is -0.569. The minimum absolute atomic E-state index is 0.0169. The van der Waals surface area contributed by atoms with Gasteiger partial charge < -0.3 is 10.6 Å². The highest BCUT2D eigenvalue weighted by atomic mass is 35.5. The van der Waals surface area contributed by atoms with Gasteiger partial charge in [0, 0.05) is 22.0 Å². The van der Waals surface area contributed by atoms with Crippen LogP contribution in [0.1, 0.15) is 72.1 Å². The molecule has 1 heterocycles. The fourth-order valence-electron chi connectivity index (χ4n) is 4.59. The number of carbonyl (C=O) groups is 1. The number of alkyl halides is 7. The standard InChI is InChI=1S/C26H28Cl2F6N2OS.C2H6/c1-14(11-24(3,26(32,33)34)16-8-17(27)10-18(28)9-16)21-19-6-4-5-7-20(19)22(38-21)23(37)35-12-15(2)36-13-25(29,30)31;1-2/h8-9,17,36H,1-2,4-7,10-13H2,3H3,(H,35,37);1-2H3. The summed E-state index contributed by atoms with van der Waals surface area (Å²) in [6.07, 6.45) is -3.81. The van der Waals surface area contributed by atoms with Crippen LogP contribution >= 0.6 is 34.5 Å². The van der Waals surface area contributed by atoms with E-state index in [-0.39, 0.29) is 34.8 Å². The summed E-state index contributed by atoms with van der Waals surface area (Å²) in [4.78, 5) is 13.8. The molecule has 0 saturated heterocycles. The lowest BCUT2D eigenvalue weighted by Crippen LogP contribution is -2.37. The van der Waals surface area contributed by atoms with Gasteiger partial charge in [-0.2, -0.15) is 26.3 Å². The summed E-state index contributed by atoms with van der Waals surface area (Å²) in [7, 11) is 0. The summed E-state index contributed by atoms with van der Waals surface area (Å²) in [6.45, 7) is 11.1. The highest BCUT2D eigenvalue weighted by Crippen LogP contribution is 2.53. The molecular formula is C28H34Cl2F6N2OS. The highest BCUT2D eigenvalue weighted by Gasteiger charge is 2.53. The third-order valence-corrected chi connectivity index (χ3v) is 8.56. The van der Waals surface area contributed by atoms with Crippen molar-refractivity contribution in [3.8, 4) is 0 Å². The monoisotopic (exact) mass is 630 g/mol. The fraction of sp³-hybridized carbons (Fsp3) is 0.536. The minimum atomic E-state index is -4.63. The second-order valence-corrected chi connectivity index (χ2v) is 11.8. The van der Waals surface area contributed by atoms with Crippen molar-refractivity contribution in [3.05, 3.63) is 62.5 Å². The zero-order valence-corrected chi connectivity index (χ0v) is 25.0. The third-order valence-electron chi connectivity index (χ3n) is 6.64. The number of thiophene rings is 1. The first kappa shape index (κ1) is 34.3. The molecular weight excluding hydrogens is 597 g/mol. The number of hydrogen-bond donors (Lipinski definition) is 2. The van der Waals surface area contributed by atoms with E-state index >= 15 is 0 Å². The van der Waals surface area contributed by atoms with Crippen molar-refractivity contribution in [2.75, 3.05) is 13.1 Å². The van der Waals surface area contributed by atoms with Gasteiger partial charge in [-0.3, -0.25) is 4.79 Å². The Morgan fingerprint density at radius 1 is 1.05 bits per heavy atom. The van der Waals surface area contributed by atoms with Crippen LogP contribution in [-0.2, 0) is 12.8 Å². The number of rotatable bonds is 9. The number of amides is 1. The molecule has 12 heteroatoms. The molecule has 0 saturated carbocycles. The predicted molar refractivity (Wildman–Crippen MR) is 152 cm³/mol. The molecule has 0 radical (unpaired) electrons. The van der Waals surface area contributed by atoms with Crippen LogP contribution in [0, 0.1) is 5.41 Å². The van der Waals surface area contributed by atoms with Crippen molar-refractivity contribution in [3.63, 3.8) is 0 Å². The number of halogens is 8. The Bertz CT molecular complexity index is 1170. The molecule has 2 atom stereocenters. The maximum Gasteiger partial charge on any atom is 0.405 e. The van der Waals surface area contributed by atoms with Gasteiger partial charge in [0.05, 0.1) is 22.2 Å². The van der Waals surface area contributed by atoms with Crippen LogP contribution in [0.5, 0.6) is 0 Å². The first-order chi connectivity index (χ1) is 18.5. The van der Waals surface area contributed by atoms with E-state index in [1.807, 2.05) is 13.8 Å². The van der Waals surface area contributed by atoms with Crippen molar-refractivity contribution in [2.24, 2.45) is 5.41 Å². The molecule has 0 fully saturated rings. The van der Waals surface area contributed by atoms with E-state index in [2.05, 4.69) is 23.8 Å². The smallest absolute Gasteiger partial charge is 0.379 e. The first-order valence-electron chi connectivity index (χ1n) is 12.9. The minimum Gasteiger partial charge on any atom is -0.379 e. The summed E-state index contributed by atoms with van der Waals surface area (Å²) in [5, 5.41) is 4.24. The molecule has 0 aromatic carbocycles. The van der Waals surface area contributed by atoms with Crippen LogP contribution < -0.4 is 10.6 Å². The zero-order valence-electron chi connectivity index (χ0n) is 22.6. The Kier molecular flexibility index (Phi) is 11.9. The van der Waals surface area contributed by atoms with Crippen molar-refractivity contribution in [1.82, 2.24) is 10.6 Å². The van der Waals surface area contributed by atoms with Crippen molar-refractivity contribution >= 4 is 46.0 Å². The van der Waals surface area contributed by atoms with Crippen molar-refractivity contribution in [1.29, 1.82) is 0 Å². The van der Waals surface area contributed by atoms with Crippen LogP contribution in [0.3, 0.4) is 0 Å². The summed E-state index contributed by atoms with van der Waals surface area (Å²) in [6, 6.07) is 0. The van der Waals surface area contributed by atoms with E-state index < -0.39 is 42.0 Å². The molecule has 0 aliphatic heterocycles. The number of hydrogen-bond acceptors (Lipinski definition) is 3. The van der Waals surface area contributed by atoms with Gasteiger partial charge in [0.25, 0.3) is 5.91 Å². The molecule has 2 unspecified atom stereocenters. The van der Waals surface area contributed by atoms with Gasteiger partial charge in [0.15, 0.2) is 0 Å². The molecule has 2 N–H and O–H groups in total. The lowest BCUT2D eigenvalue weighted by molar-refractivity contribution is -0.201. The van der Waals surface area contributed by atoms with Crippen LogP contribution in [-0.4, -0.2) is 36.7 Å². The number of carbonyl (C=O) groups excluding carboxylic acids is 1. The van der Waals surface area contributed by atoms with Gasteiger partial charge in [-0.15, -0.1) is 22.9 Å². The van der Waals surface area contributed by atoms with E-state index in [9.17, 15) is 31.1 Å². The fourth-order valence-corrected chi connectivity index (χ4v) is 6.53. The maximum atomic E-state index is 14.5. The normalized spacial score (nSPS) is 18.7. The largest absolute Gasteiger partial charge is 0.405 e. The van der Waals surface area contributed by atoms with Gasteiger partial charge in [0.1, 0.15) is 6.54 Å². The quantitative estimate of drug-likeness (QED) is 0.211. The van der Waals surface area contributed by atoms with Gasteiger partial charge in [-0.25, -0.2) is 0 Å². The molecule has 3 rings (SSSR count). The van der Waals surface area contributed by atoms with E-state index in [0.717, 1.165) is 42.2 Å². The van der Waals surface area contributed by atoms with E-state index in [4.69, 9.17) is 23.2 Å². The highest BCUT2D eigenvalue weighted by molar-refractivity contribution is 7.15. The molecule has 0 spiro atoms. The summed E-state index contributed by atoms with van der Waals surface area (Å²) in [5.74, 6) is -0.518. The second-order valence-electron chi connectivity index (χ2n) is 9.72. The Morgan fingerprint density at radius 2 is 1.62 bits per heavy atom. The average molecular weight is 632 g/mol. The molecule has 224 valence electrons. The lowest BCUT2D eigenvalue weighted by Gasteiger charge is -2.36. The van der Waals surface area contributed by atoms with E-state index in [1.54, 1.807) is 0 Å². The van der Waals surface area contributed by atoms with Gasteiger partial charge >= 0.3 is 12.4 Å². The van der Waals surface area contributed by atoms with Crippen molar-refractivity contribution < 1.29 is 31.1 Å². The summed E-state index contributed by atoms with van der Waals surface area (Å²) >= 11 is 13.3. The Hall–Kier alpha value is -1.91. The number of nitrogens with one attached hydrogen (secondary N) is 2. The molecule has 2 aliphatic carbocycles. The molecule has 1 aromatic heterocycles. The van der Waals surface area contributed by atoms with Gasteiger partial charge in [-0.1, -0.05) is 44.7 Å². The maximum absolute atomic E-state index is 14.5. The molecule has 2 aliphatic rings. The van der Waals surface area contributed by atoms with Gasteiger partial charge in [0.2, 0.25) is 0 Å². The second kappa shape index (κ2) is 13.8. The molecule has 0 bridgehead atoms. The lowest BCUT2D eigenvalue weighted by atomic mass is 9.73. The number of fused-ring (bicyclic) bond motifs is 1. The van der Waals surface area contributed by atoms with Crippen LogP contribution in [0.4, 0.5) is 26.3 Å². The zero-order chi connectivity index (χ0) is 30.5. The predicted octanol–water partition coefficient (Wildman–Crippen LogP) is 9.08. The molecule has 1 aromatic rings. The van der Waals surface area contributed by atoms with Crippen LogP contribution in [0.2, 0.25) is 0 Å². The Balaban J connectivity index is 0.00000274. The SMILES string of the molecule is C=C(CNC(=O)c1sc(C(=C)CC(C)(C2=CC(Cl)CC(Cl)=C2)C(F)(F)F)c2c1CCCC2)NCC(F)(F)F.CC. The first-order valence-corrected chi connectivity index (χ1v) is 14.5. The van der Waals surface area contributed by atoms with E-state index in [1.165, 1.54) is 12.2 Å². The van der Waals surface area contributed by atoms with Gasteiger partial charge in [-0.05, 0) is 67.4 Å². The topological polar surface area (TPSA) is 41.1 Å². The summed E-state index contributed by atoms with van der Waals surface area (Å²) < 4.78 is 80.6. The number of allylic oxidation sites excluding steroid dienone is 5. The van der Waals surface area contributed by atoms with Crippen LogP contribution in [0.15, 0.2) is 41.6 Å². The molecule has 40 heavy (non-hydrogen) atoms. The Morgan fingerprint density at radius 3 is 2.15 bits per heavy atom. The van der Waals surface area contributed by atoms with E-state index in [0.29, 0.717) is 22.6 Å². The van der Waals surface area contributed by atoms with Crippen molar-refractivity contribution in [2.45, 2.75) is 77.0 Å². The third kappa shape index (κ3) is 8.55.